The lowest BCUT2D eigenvalue weighted by molar-refractivity contribution is -0.269. The van der Waals surface area contributed by atoms with Gasteiger partial charge in [0.2, 0.25) is 0 Å². The molecule has 2 aliphatic carbocycles. The molecular weight excluding hydrogens is 234 g/mol. The molecule has 3 atom stereocenters. The Bertz CT molecular complexity index is 318. The second-order valence-electron chi connectivity index (χ2n) is 4.55. The second kappa shape index (κ2) is 3.17. The molecule has 0 saturated heterocycles. The number of hydrogen-bond acceptors (Lipinski definition) is 0. The fraction of sp³-hybridized carbons (Fsp3) is 0.800. The van der Waals surface area contributed by atoms with Gasteiger partial charge < -0.3 is 0 Å². The summed E-state index contributed by atoms with van der Waals surface area (Å²) in [5.41, 5.74) is -1.92. The number of hydrogen-bond donors (Lipinski definition) is 0. The molecule has 0 aromatic carbocycles. The van der Waals surface area contributed by atoms with Gasteiger partial charge in [0.25, 0.3) is 12.1 Å². The molecule has 0 N–H and O–H groups in total. The summed E-state index contributed by atoms with van der Waals surface area (Å²) in [6.07, 6.45) is -6.78. The van der Waals surface area contributed by atoms with E-state index in [2.05, 4.69) is 0 Å². The van der Waals surface area contributed by atoms with Gasteiger partial charge in [-0.2, -0.15) is 13.2 Å². The lowest BCUT2D eigenvalue weighted by atomic mass is 9.78. The Morgan fingerprint density at radius 2 is 1.81 bits per heavy atom. The van der Waals surface area contributed by atoms with Crippen molar-refractivity contribution in [2.75, 3.05) is 0 Å². The van der Waals surface area contributed by atoms with E-state index in [0.29, 0.717) is 6.42 Å². The van der Waals surface area contributed by atoms with Crippen LogP contribution in [0.2, 0.25) is 0 Å². The van der Waals surface area contributed by atoms with Crippen LogP contribution in [0.5, 0.6) is 0 Å². The van der Waals surface area contributed by atoms with E-state index >= 15 is 0 Å². The van der Waals surface area contributed by atoms with Gasteiger partial charge in [0.05, 0.1) is 5.41 Å². The summed E-state index contributed by atoms with van der Waals surface area (Å²) in [6.45, 7) is 0. The lowest BCUT2D eigenvalue weighted by Crippen LogP contribution is -2.51. The molecule has 0 radical (unpaired) electrons. The molecule has 0 aromatic heterocycles. The summed E-state index contributed by atoms with van der Waals surface area (Å²) in [7, 11) is 0. The maximum absolute atomic E-state index is 13.6. The Morgan fingerprint density at radius 3 is 2.12 bits per heavy atom. The third kappa shape index (κ3) is 1.45. The standard InChI is InChI=1S/C10H10F6/c11-7(10(14,15)16)9(12,13)8-3-1-6(5-8)2-4-8/h1,3,6-7H,2,4-5H2. The first kappa shape index (κ1) is 11.8. The second-order valence-corrected chi connectivity index (χ2v) is 4.55. The summed E-state index contributed by atoms with van der Waals surface area (Å²) in [5, 5.41) is 0. The van der Waals surface area contributed by atoms with Crippen LogP contribution in [-0.2, 0) is 0 Å². The molecule has 2 bridgehead atoms. The van der Waals surface area contributed by atoms with Crippen LogP contribution in [0.4, 0.5) is 26.3 Å². The van der Waals surface area contributed by atoms with Crippen molar-refractivity contribution in [2.24, 2.45) is 11.3 Å². The molecule has 0 aliphatic heterocycles. The summed E-state index contributed by atoms with van der Waals surface area (Å²) < 4.78 is 76.1. The highest BCUT2D eigenvalue weighted by molar-refractivity contribution is 5.21. The van der Waals surface area contributed by atoms with Crippen LogP contribution in [0.25, 0.3) is 0 Å². The quantitative estimate of drug-likeness (QED) is 0.510. The van der Waals surface area contributed by atoms with E-state index in [0.717, 1.165) is 6.08 Å². The molecule has 1 saturated carbocycles. The van der Waals surface area contributed by atoms with Gasteiger partial charge in [-0.15, -0.1) is 0 Å². The number of halogens is 6. The summed E-state index contributed by atoms with van der Waals surface area (Å²) in [6, 6.07) is 0. The molecular formula is C10H10F6. The number of allylic oxidation sites excluding steroid dienone is 2. The van der Waals surface area contributed by atoms with Crippen molar-refractivity contribution in [1.29, 1.82) is 0 Å². The Labute approximate surface area is 88.3 Å². The highest BCUT2D eigenvalue weighted by atomic mass is 19.4. The Balaban J connectivity index is 2.29. The molecule has 0 heterocycles. The van der Waals surface area contributed by atoms with Crippen LogP contribution in [0, 0.1) is 11.3 Å². The number of fused-ring (bicyclic) bond motifs is 2. The first-order valence-corrected chi connectivity index (χ1v) is 4.97. The summed E-state index contributed by atoms with van der Waals surface area (Å²) in [5.74, 6) is -4.49. The molecule has 0 spiro atoms. The van der Waals surface area contributed by atoms with Crippen molar-refractivity contribution in [1.82, 2.24) is 0 Å². The van der Waals surface area contributed by atoms with E-state index in [1.165, 1.54) is 6.08 Å². The molecule has 16 heavy (non-hydrogen) atoms. The maximum atomic E-state index is 13.6. The smallest absolute Gasteiger partial charge is 0.231 e. The van der Waals surface area contributed by atoms with Gasteiger partial charge in [0.1, 0.15) is 0 Å². The van der Waals surface area contributed by atoms with Gasteiger partial charge in [-0.3, -0.25) is 0 Å². The van der Waals surface area contributed by atoms with Crippen molar-refractivity contribution < 1.29 is 26.3 Å². The van der Waals surface area contributed by atoms with Gasteiger partial charge in [0, 0.05) is 0 Å². The monoisotopic (exact) mass is 244 g/mol. The summed E-state index contributed by atoms with van der Waals surface area (Å²) in [4.78, 5) is 0. The molecule has 0 aromatic rings. The average Bonchev–Trinajstić information content (AvgIpc) is 2.75. The molecule has 6 heteroatoms. The summed E-state index contributed by atoms with van der Waals surface area (Å²) >= 11 is 0. The van der Waals surface area contributed by atoms with E-state index < -0.39 is 23.7 Å². The Hall–Kier alpha value is -0.680. The minimum Gasteiger partial charge on any atom is -0.231 e. The first-order chi connectivity index (χ1) is 7.19. The molecule has 0 amide bonds. The van der Waals surface area contributed by atoms with Gasteiger partial charge in [-0.05, 0) is 25.2 Å². The van der Waals surface area contributed by atoms with Crippen molar-refractivity contribution in [2.45, 2.75) is 37.5 Å². The van der Waals surface area contributed by atoms with Crippen LogP contribution in [-0.4, -0.2) is 18.3 Å². The molecule has 2 rings (SSSR count). The third-order valence-electron chi connectivity index (χ3n) is 3.54. The Morgan fingerprint density at radius 1 is 1.19 bits per heavy atom. The molecule has 0 nitrogen and oxygen atoms in total. The van der Waals surface area contributed by atoms with Crippen LogP contribution in [0.15, 0.2) is 12.2 Å². The van der Waals surface area contributed by atoms with Crippen molar-refractivity contribution in [3.63, 3.8) is 0 Å². The minimum atomic E-state index is -5.51. The van der Waals surface area contributed by atoms with Gasteiger partial charge in [0.15, 0.2) is 0 Å². The highest BCUT2D eigenvalue weighted by Gasteiger charge is 2.68. The number of rotatable bonds is 2. The maximum Gasteiger partial charge on any atom is 0.425 e. The minimum absolute atomic E-state index is 0.0718. The van der Waals surface area contributed by atoms with E-state index in [1.54, 1.807) is 0 Å². The van der Waals surface area contributed by atoms with Gasteiger partial charge in [-0.25, -0.2) is 13.2 Å². The normalized spacial score (nSPS) is 35.8. The van der Waals surface area contributed by atoms with Crippen LogP contribution >= 0.6 is 0 Å². The topological polar surface area (TPSA) is 0 Å². The highest BCUT2D eigenvalue weighted by Crippen LogP contribution is 2.60. The fourth-order valence-electron chi connectivity index (χ4n) is 2.62. The van der Waals surface area contributed by atoms with E-state index in [1.807, 2.05) is 0 Å². The van der Waals surface area contributed by atoms with Crippen LogP contribution in [0.1, 0.15) is 19.3 Å². The zero-order valence-corrected chi connectivity index (χ0v) is 8.20. The van der Waals surface area contributed by atoms with Gasteiger partial charge >= 0.3 is 6.18 Å². The van der Waals surface area contributed by atoms with E-state index in [9.17, 15) is 26.3 Å². The molecule has 1 fully saturated rings. The zero-order chi connectivity index (χ0) is 12.2. The average molecular weight is 244 g/mol. The predicted octanol–water partition coefficient (Wildman–Crippen LogP) is 3.88. The SMILES string of the molecule is FC(C(F)(F)F)C(F)(F)C12C=CC(CC1)C2. The molecule has 2 aliphatic rings. The largest absolute Gasteiger partial charge is 0.425 e. The molecule has 92 valence electrons. The van der Waals surface area contributed by atoms with Crippen LogP contribution < -0.4 is 0 Å². The first-order valence-electron chi connectivity index (χ1n) is 4.97. The Kier molecular flexibility index (Phi) is 2.34. The zero-order valence-electron chi connectivity index (χ0n) is 8.20. The van der Waals surface area contributed by atoms with Crippen molar-refractivity contribution in [3.05, 3.63) is 12.2 Å². The van der Waals surface area contributed by atoms with Crippen molar-refractivity contribution in [3.8, 4) is 0 Å². The van der Waals surface area contributed by atoms with E-state index in [-0.39, 0.29) is 18.8 Å². The van der Waals surface area contributed by atoms with Crippen LogP contribution in [0.3, 0.4) is 0 Å². The lowest BCUT2D eigenvalue weighted by Gasteiger charge is -2.36. The number of alkyl halides is 6. The van der Waals surface area contributed by atoms with Gasteiger partial charge in [-0.1, -0.05) is 12.2 Å². The third-order valence-corrected chi connectivity index (χ3v) is 3.54. The molecule has 3 unspecified atom stereocenters. The predicted molar refractivity (Wildman–Crippen MR) is 44.8 cm³/mol. The fourth-order valence-corrected chi connectivity index (χ4v) is 2.62. The van der Waals surface area contributed by atoms with E-state index in [4.69, 9.17) is 0 Å². The van der Waals surface area contributed by atoms with Crippen molar-refractivity contribution >= 4 is 0 Å².